The fourth-order valence-corrected chi connectivity index (χ4v) is 1.58. The predicted molar refractivity (Wildman–Crippen MR) is 66.1 cm³/mol. The third-order valence-electron chi connectivity index (χ3n) is 2.43. The topological polar surface area (TPSA) is 71.7 Å². The van der Waals surface area contributed by atoms with E-state index >= 15 is 0 Å². The van der Waals surface area contributed by atoms with E-state index in [0.717, 1.165) is 0 Å². The molecule has 7 heteroatoms. The third kappa shape index (κ3) is 3.47. The lowest BCUT2D eigenvalue weighted by atomic mass is 10.3. The van der Waals surface area contributed by atoms with Crippen LogP contribution in [0, 0.1) is 0 Å². The molecule has 0 aliphatic heterocycles. The van der Waals surface area contributed by atoms with Crippen molar-refractivity contribution >= 4 is 11.7 Å². The van der Waals surface area contributed by atoms with Gasteiger partial charge in [0.05, 0.1) is 12.2 Å². The van der Waals surface area contributed by atoms with E-state index in [-0.39, 0.29) is 18.1 Å². The lowest BCUT2D eigenvalue weighted by molar-refractivity contribution is -0.0493. The van der Waals surface area contributed by atoms with E-state index < -0.39 is 12.6 Å². The van der Waals surface area contributed by atoms with Crippen molar-refractivity contribution in [2.75, 3.05) is 5.32 Å². The second-order valence-corrected chi connectivity index (χ2v) is 3.80. The Morgan fingerprint density at radius 3 is 2.70 bits per heavy atom. The van der Waals surface area contributed by atoms with Gasteiger partial charge in [0.2, 0.25) is 5.76 Å². The Labute approximate surface area is 112 Å². The van der Waals surface area contributed by atoms with E-state index in [9.17, 15) is 13.6 Å². The van der Waals surface area contributed by atoms with E-state index in [2.05, 4.69) is 10.1 Å². The maximum atomic E-state index is 12.2. The van der Waals surface area contributed by atoms with Crippen LogP contribution < -0.4 is 10.1 Å². The van der Waals surface area contributed by atoms with Gasteiger partial charge in [0, 0.05) is 0 Å². The number of para-hydroxylation sites is 2. The SMILES string of the molecule is O=C(O)c1ccc(CNc2ccccc2OC(F)F)o1. The number of halogens is 2. The average molecular weight is 283 g/mol. The van der Waals surface area contributed by atoms with Gasteiger partial charge in [-0.05, 0) is 24.3 Å². The van der Waals surface area contributed by atoms with E-state index in [1.54, 1.807) is 18.2 Å². The summed E-state index contributed by atoms with van der Waals surface area (Å²) in [5.41, 5.74) is 0.362. The molecule has 5 nitrogen and oxygen atoms in total. The van der Waals surface area contributed by atoms with Gasteiger partial charge < -0.3 is 19.6 Å². The van der Waals surface area contributed by atoms with Crippen LogP contribution in [0.3, 0.4) is 0 Å². The molecule has 0 aliphatic rings. The number of alkyl halides is 2. The molecule has 0 amide bonds. The first-order valence-corrected chi connectivity index (χ1v) is 5.66. The summed E-state index contributed by atoms with van der Waals surface area (Å²) < 4.78 is 33.8. The van der Waals surface area contributed by atoms with Crippen LogP contribution in [0.4, 0.5) is 14.5 Å². The van der Waals surface area contributed by atoms with Crippen molar-refractivity contribution in [2.24, 2.45) is 0 Å². The van der Waals surface area contributed by atoms with Crippen molar-refractivity contribution in [2.45, 2.75) is 13.2 Å². The minimum atomic E-state index is -2.92. The van der Waals surface area contributed by atoms with Crippen LogP contribution in [-0.4, -0.2) is 17.7 Å². The zero-order chi connectivity index (χ0) is 14.5. The number of nitrogens with one attached hydrogen (secondary N) is 1. The zero-order valence-corrected chi connectivity index (χ0v) is 10.2. The van der Waals surface area contributed by atoms with Gasteiger partial charge >= 0.3 is 12.6 Å². The number of carbonyl (C=O) groups is 1. The minimum absolute atomic E-state index is 0.00696. The number of hydrogen-bond donors (Lipinski definition) is 2. The van der Waals surface area contributed by atoms with Crippen LogP contribution in [0.15, 0.2) is 40.8 Å². The molecule has 0 saturated carbocycles. The Morgan fingerprint density at radius 1 is 1.30 bits per heavy atom. The number of furan rings is 1. The number of aromatic carboxylic acids is 1. The number of carboxylic acid groups (broad SMARTS) is 1. The molecule has 0 fully saturated rings. The highest BCUT2D eigenvalue weighted by Crippen LogP contribution is 2.26. The van der Waals surface area contributed by atoms with Gasteiger partial charge in [0.15, 0.2) is 0 Å². The molecule has 0 unspecified atom stereocenters. The number of benzene rings is 1. The van der Waals surface area contributed by atoms with Crippen molar-refractivity contribution < 1.29 is 27.8 Å². The average Bonchev–Trinajstić information content (AvgIpc) is 2.86. The Morgan fingerprint density at radius 2 is 2.05 bits per heavy atom. The first-order valence-electron chi connectivity index (χ1n) is 5.66. The lowest BCUT2D eigenvalue weighted by Gasteiger charge is -2.11. The van der Waals surface area contributed by atoms with Gasteiger partial charge in [0.25, 0.3) is 0 Å². The number of rotatable bonds is 6. The minimum Gasteiger partial charge on any atom is -0.475 e. The van der Waals surface area contributed by atoms with Crippen molar-refractivity contribution in [3.8, 4) is 5.75 Å². The lowest BCUT2D eigenvalue weighted by Crippen LogP contribution is -2.06. The first kappa shape index (κ1) is 13.9. The van der Waals surface area contributed by atoms with Gasteiger partial charge in [-0.1, -0.05) is 12.1 Å². The van der Waals surface area contributed by atoms with E-state index in [1.807, 2.05) is 0 Å². The molecule has 2 aromatic rings. The summed E-state index contributed by atoms with van der Waals surface area (Å²) in [6.07, 6.45) is 0. The maximum absolute atomic E-state index is 12.2. The largest absolute Gasteiger partial charge is 0.475 e. The fraction of sp³-hybridized carbons (Fsp3) is 0.154. The summed E-state index contributed by atoms with van der Waals surface area (Å²) in [6.45, 7) is -2.77. The molecule has 1 aromatic heterocycles. The summed E-state index contributed by atoms with van der Waals surface area (Å²) in [5, 5.41) is 11.6. The standard InChI is InChI=1S/C13H11F2NO4/c14-13(15)20-10-4-2-1-3-9(10)16-7-8-5-6-11(19-8)12(17)18/h1-6,13,16H,7H2,(H,17,18). The molecule has 0 aliphatic carbocycles. The molecule has 20 heavy (non-hydrogen) atoms. The zero-order valence-electron chi connectivity index (χ0n) is 10.2. The Hall–Kier alpha value is -2.57. The van der Waals surface area contributed by atoms with Crippen LogP contribution in [0.2, 0.25) is 0 Å². The normalized spacial score (nSPS) is 10.6. The van der Waals surface area contributed by atoms with Crippen molar-refractivity contribution in [3.05, 3.63) is 47.9 Å². The molecule has 0 spiro atoms. The Kier molecular flexibility index (Phi) is 4.19. The van der Waals surface area contributed by atoms with Crippen molar-refractivity contribution in [1.82, 2.24) is 0 Å². The maximum Gasteiger partial charge on any atom is 0.387 e. The van der Waals surface area contributed by atoms with Gasteiger partial charge in [0.1, 0.15) is 11.5 Å². The highest BCUT2D eigenvalue weighted by molar-refractivity contribution is 5.84. The van der Waals surface area contributed by atoms with Gasteiger partial charge in [-0.15, -0.1) is 0 Å². The number of hydrogen-bond acceptors (Lipinski definition) is 4. The molecular weight excluding hydrogens is 272 g/mol. The molecule has 0 atom stereocenters. The molecule has 2 rings (SSSR count). The summed E-state index contributed by atoms with van der Waals surface area (Å²) in [4.78, 5) is 10.6. The van der Waals surface area contributed by atoms with E-state index in [0.29, 0.717) is 11.4 Å². The van der Waals surface area contributed by atoms with Crippen LogP contribution >= 0.6 is 0 Å². The monoisotopic (exact) mass is 283 g/mol. The van der Waals surface area contributed by atoms with E-state index in [1.165, 1.54) is 18.2 Å². The van der Waals surface area contributed by atoms with Crippen LogP contribution in [0.25, 0.3) is 0 Å². The Bertz CT molecular complexity index is 598. The smallest absolute Gasteiger partial charge is 0.387 e. The third-order valence-corrected chi connectivity index (χ3v) is 2.43. The van der Waals surface area contributed by atoms with Gasteiger partial charge in [-0.3, -0.25) is 0 Å². The van der Waals surface area contributed by atoms with Crippen molar-refractivity contribution in [1.29, 1.82) is 0 Å². The Balaban J connectivity index is 2.04. The van der Waals surface area contributed by atoms with Crippen molar-refractivity contribution in [3.63, 3.8) is 0 Å². The summed E-state index contributed by atoms with van der Waals surface area (Å²) in [7, 11) is 0. The molecule has 106 valence electrons. The van der Waals surface area contributed by atoms with Gasteiger partial charge in [-0.2, -0.15) is 8.78 Å². The molecule has 2 N–H and O–H groups in total. The number of ether oxygens (including phenoxy) is 1. The molecule has 0 bridgehead atoms. The van der Waals surface area contributed by atoms with E-state index in [4.69, 9.17) is 9.52 Å². The summed E-state index contributed by atoms with van der Waals surface area (Å²) in [6, 6.07) is 9.01. The molecule has 1 aromatic carbocycles. The van der Waals surface area contributed by atoms with Crippen LogP contribution in [0.1, 0.15) is 16.3 Å². The highest BCUT2D eigenvalue weighted by atomic mass is 19.3. The first-order chi connectivity index (χ1) is 9.56. The summed E-state index contributed by atoms with van der Waals surface area (Å²) >= 11 is 0. The van der Waals surface area contributed by atoms with Gasteiger partial charge in [-0.25, -0.2) is 4.79 Å². The molecule has 1 heterocycles. The summed E-state index contributed by atoms with van der Waals surface area (Å²) in [5.74, 6) is -0.974. The van der Waals surface area contributed by atoms with Crippen LogP contribution in [0.5, 0.6) is 5.75 Å². The fourth-order valence-electron chi connectivity index (χ4n) is 1.58. The quantitative estimate of drug-likeness (QED) is 0.851. The predicted octanol–water partition coefficient (Wildman–Crippen LogP) is 3.19. The number of carboxylic acids is 1. The molecular formula is C13H11F2NO4. The second kappa shape index (κ2) is 6.05. The number of anilines is 1. The highest BCUT2D eigenvalue weighted by Gasteiger charge is 2.11. The second-order valence-electron chi connectivity index (χ2n) is 3.80. The molecule has 0 radical (unpaired) electrons. The van der Waals surface area contributed by atoms with Crippen LogP contribution in [-0.2, 0) is 6.54 Å². The molecule has 0 saturated heterocycles.